The van der Waals surface area contributed by atoms with Crippen LogP contribution in [0.4, 0.5) is 13.2 Å². The standard InChI is InChI=1S/C26H28F3N3O4S/c1-31-15-17-32(18-16-31)24(23-9-5-6-10-25(23)36-26(27,28)29)19-30-37(33,34)22-13-11-21(12-14-22)35-20-7-3-2-4-8-20/h2-14,24,30H,15-19H2,1H3. The van der Waals surface area contributed by atoms with Gasteiger partial charge in [-0.2, -0.15) is 0 Å². The number of benzene rings is 3. The first-order valence-corrected chi connectivity index (χ1v) is 13.2. The van der Waals surface area contributed by atoms with E-state index >= 15 is 0 Å². The van der Waals surface area contributed by atoms with Gasteiger partial charge in [-0.25, -0.2) is 13.1 Å². The maximum absolute atomic E-state index is 13.1. The van der Waals surface area contributed by atoms with Gasteiger partial charge in [0.1, 0.15) is 17.2 Å². The van der Waals surface area contributed by atoms with Gasteiger partial charge in [0.2, 0.25) is 10.0 Å². The lowest BCUT2D eigenvalue weighted by atomic mass is 10.0. The molecule has 1 unspecified atom stereocenters. The molecule has 1 heterocycles. The molecular formula is C26H28F3N3O4S. The number of nitrogens with one attached hydrogen (secondary N) is 1. The molecule has 11 heteroatoms. The van der Waals surface area contributed by atoms with Gasteiger partial charge < -0.3 is 14.4 Å². The van der Waals surface area contributed by atoms with Crippen molar-refractivity contribution in [3.8, 4) is 17.2 Å². The van der Waals surface area contributed by atoms with Crippen LogP contribution in [0.3, 0.4) is 0 Å². The topological polar surface area (TPSA) is 71.1 Å². The highest BCUT2D eigenvalue weighted by atomic mass is 32.2. The maximum Gasteiger partial charge on any atom is 0.573 e. The summed E-state index contributed by atoms with van der Waals surface area (Å²) in [6.45, 7) is 2.40. The van der Waals surface area contributed by atoms with Gasteiger partial charge in [0.15, 0.2) is 0 Å². The highest BCUT2D eigenvalue weighted by molar-refractivity contribution is 7.89. The van der Waals surface area contributed by atoms with E-state index in [-0.39, 0.29) is 22.8 Å². The Kier molecular flexibility index (Phi) is 8.38. The minimum Gasteiger partial charge on any atom is -0.457 e. The molecule has 1 fully saturated rings. The predicted octanol–water partition coefficient (Wildman–Crippen LogP) is 4.64. The second-order valence-corrected chi connectivity index (χ2v) is 10.4. The Labute approximate surface area is 214 Å². The third-order valence-electron chi connectivity index (χ3n) is 6.06. The van der Waals surface area contributed by atoms with Crippen molar-refractivity contribution in [1.82, 2.24) is 14.5 Å². The summed E-state index contributed by atoms with van der Waals surface area (Å²) in [6.07, 6.45) is -4.87. The van der Waals surface area contributed by atoms with Crippen LogP contribution in [0, 0.1) is 0 Å². The zero-order chi connectivity index (χ0) is 26.5. The van der Waals surface area contributed by atoms with Crippen LogP contribution in [0.15, 0.2) is 83.8 Å². The molecular weight excluding hydrogens is 507 g/mol. The number of halogens is 3. The fraction of sp³-hybridized carbons (Fsp3) is 0.308. The van der Waals surface area contributed by atoms with E-state index in [9.17, 15) is 21.6 Å². The summed E-state index contributed by atoms with van der Waals surface area (Å²) in [5.74, 6) is 0.741. The third kappa shape index (κ3) is 7.45. The Hall–Kier alpha value is -3.12. The smallest absolute Gasteiger partial charge is 0.457 e. The van der Waals surface area contributed by atoms with E-state index in [1.54, 1.807) is 30.3 Å². The largest absolute Gasteiger partial charge is 0.573 e. The Morgan fingerprint density at radius 1 is 0.865 bits per heavy atom. The molecule has 37 heavy (non-hydrogen) atoms. The number of hydrogen-bond acceptors (Lipinski definition) is 6. The van der Waals surface area contributed by atoms with Gasteiger partial charge in [-0.3, -0.25) is 4.90 Å². The quantitative estimate of drug-likeness (QED) is 0.431. The number of ether oxygens (including phenoxy) is 2. The molecule has 1 aliphatic heterocycles. The average molecular weight is 536 g/mol. The molecule has 0 aromatic heterocycles. The zero-order valence-corrected chi connectivity index (χ0v) is 21.0. The van der Waals surface area contributed by atoms with Gasteiger partial charge in [-0.05, 0) is 49.5 Å². The van der Waals surface area contributed by atoms with Gasteiger partial charge in [0.05, 0.1) is 10.9 Å². The summed E-state index contributed by atoms with van der Waals surface area (Å²) in [6, 6.07) is 20.2. The molecule has 1 aliphatic rings. The number of rotatable bonds is 9. The van der Waals surface area contributed by atoms with E-state index in [0.29, 0.717) is 37.7 Å². The second-order valence-electron chi connectivity index (χ2n) is 8.68. The molecule has 3 aromatic carbocycles. The first kappa shape index (κ1) is 26.9. The fourth-order valence-electron chi connectivity index (χ4n) is 4.13. The van der Waals surface area contributed by atoms with Crippen LogP contribution in [-0.2, 0) is 10.0 Å². The van der Waals surface area contributed by atoms with Gasteiger partial charge in [0.25, 0.3) is 0 Å². The summed E-state index contributed by atoms with van der Waals surface area (Å²) in [7, 11) is -2.00. The molecule has 1 N–H and O–H groups in total. The number of likely N-dealkylation sites (N-methyl/N-ethyl adjacent to an activating group) is 1. The lowest BCUT2D eigenvalue weighted by Gasteiger charge is -2.38. The maximum atomic E-state index is 13.1. The molecule has 0 amide bonds. The number of alkyl halides is 3. The highest BCUT2D eigenvalue weighted by Gasteiger charge is 2.34. The number of piperazine rings is 1. The van der Waals surface area contributed by atoms with E-state index in [1.165, 1.54) is 30.3 Å². The number of sulfonamides is 1. The van der Waals surface area contributed by atoms with Gasteiger partial charge in [-0.1, -0.05) is 36.4 Å². The van der Waals surface area contributed by atoms with Crippen LogP contribution in [-0.4, -0.2) is 64.4 Å². The lowest BCUT2D eigenvalue weighted by molar-refractivity contribution is -0.275. The lowest BCUT2D eigenvalue weighted by Crippen LogP contribution is -2.48. The van der Waals surface area contributed by atoms with Crippen LogP contribution in [0.1, 0.15) is 11.6 Å². The molecule has 0 spiro atoms. The molecule has 198 valence electrons. The van der Waals surface area contributed by atoms with Crippen molar-refractivity contribution in [2.75, 3.05) is 39.8 Å². The Bertz CT molecular complexity index is 1260. The van der Waals surface area contributed by atoms with Gasteiger partial charge >= 0.3 is 6.36 Å². The summed E-state index contributed by atoms with van der Waals surface area (Å²) in [5, 5.41) is 0. The summed E-state index contributed by atoms with van der Waals surface area (Å²) in [4.78, 5) is 4.09. The molecule has 1 atom stereocenters. The van der Waals surface area contributed by atoms with Crippen molar-refractivity contribution < 1.29 is 31.1 Å². The van der Waals surface area contributed by atoms with E-state index in [0.717, 1.165) is 0 Å². The zero-order valence-electron chi connectivity index (χ0n) is 20.2. The van der Waals surface area contributed by atoms with Crippen molar-refractivity contribution in [1.29, 1.82) is 0 Å². The van der Waals surface area contributed by atoms with Crippen LogP contribution in [0.25, 0.3) is 0 Å². The first-order chi connectivity index (χ1) is 17.6. The molecule has 7 nitrogen and oxygen atoms in total. The van der Waals surface area contributed by atoms with Crippen LogP contribution < -0.4 is 14.2 Å². The minimum atomic E-state index is -4.87. The highest BCUT2D eigenvalue weighted by Crippen LogP contribution is 2.33. The van der Waals surface area contributed by atoms with Gasteiger partial charge in [0, 0.05) is 38.3 Å². The van der Waals surface area contributed by atoms with Crippen molar-refractivity contribution in [2.24, 2.45) is 0 Å². The number of para-hydroxylation sites is 2. The fourth-order valence-corrected chi connectivity index (χ4v) is 5.16. The molecule has 4 rings (SSSR count). The summed E-state index contributed by atoms with van der Waals surface area (Å²) < 4.78 is 78.0. The molecule has 1 saturated heterocycles. The molecule has 0 bridgehead atoms. The number of hydrogen-bond donors (Lipinski definition) is 1. The van der Waals surface area contributed by atoms with Crippen molar-refractivity contribution in [2.45, 2.75) is 17.3 Å². The van der Waals surface area contributed by atoms with Crippen molar-refractivity contribution in [3.05, 3.63) is 84.4 Å². The summed E-state index contributed by atoms with van der Waals surface area (Å²) >= 11 is 0. The Morgan fingerprint density at radius 3 is 2.11 bits per heavy atom. The Morgan fingerprint density at radius 2 is 1.46 bits per heavy atom. The van der Waals surface area contributed by atoms with E-state index < -0.39 is 22.4 Å². The monoisotopic (exact) mass is 535 g/mol. The van der Waals surface area contributed by atoms with E-state index in [2.05, 4.69) is 14.4 Å². The predicted molar refractivity (Wildman–Crippen MR) is 133 cm³/mol. The summed E-state index contributed by atoms with van der Waals surface area (Å²) in [5.41, 5.74) is 0.263. The average Bonchev–Trinajstić information content (AvgIpc) is 2.86. The number of nitrogens with zero attached hydrogens (tertiary/aromatic N) is 2. The van der Waals surface area contributed by atoms with Crippen LogP contribution in [0.5, 0.6) is 17.2 Å². The second kappa shape index (κ2) is 11.5. The molecule has 0 radical (unpaired) electrons. The molecule has 0 saturated carbocycles. The van der Waals surface area contributed by atoms with Crippen molar-refractivity contribution >= 4 is 10.0 Å². The molecule has 0 aliphatic carbocycles. The van der Waals surface area contributed by atoms with Crippen LogP contribution >= 0.6 is 0 Å². The normalized spacial score (nSPS) is 16.3. The first-order valence-electron chi connectivity index (χ1n) is 11.7. The van der Waals surface area contributed by atoms with E-state index in [1.807, 2.05) is 30.1 Å². The SMILES string of the molecule is CN1CCN(C(CNS(=O)(=O)c2ccc(Oc3ccccc3)cc2)c2ccccc2OC(F)(F)F)CC1. The van der Waals surface area contributed by atoms with E-state index in [4.69, 9.17) is 4.74 Å². The minimum absolute atomic E-state index is 0.0184. The van der Waals surface area contributed by atoms with Crippen LogP contribution in [0.2, 0.25) is 0 Å². The van der Waals surface area contributed by atoms with Crippen molar-refractivity contribution in [3.63, 3.8) is 0 Å². The molecule has 3 aromatic rings. The van der Waals surface area contributed by atoms with Gasteiger partial charge in [-0.15, -0.1) is 13.2 Å². The Balaban J connectivity index is 1.53. The third-order valence-corrected chi connectivity index (χ3v) is 7.50.